The molecule has 162 valence electrons. The molecule has 0 spiro atoms. The van der Waals surface area contributed by atoms with Gasteiger partial charge in [0.1, 0.15) is 23.4 Å². The third-order valence-corrected chi connectivity index (χ3v) is 6.71. The Morgan fingerprint density at radius 2 is 1.97 bits per heavy atom. The van der Waals surface area contributed by atoms with E-state index < -0.39 is 5.25 Å². The highest BCUT2D eigenvalue weighted by molar-refractivity contribution is 9.11. The molecule has 1 heterocycles. The molecule has 7 nitrogen and oxygen atoms in total. The van der Waals surface area contributed by atoms with E-state index in [9.17, 15) is 10.1 Å². The monoisotopic (exact) mass is 566 g/mol. The van der Waals surface area contributed by atoms with Gasteiger partial charge in [-0.1, -0.05) is 36.5 Å². The maximum atomic E-state index is 11.4. The van der Waals surface area contributed by atoms with Crippen molar-refractivity contribution in [2.24, 2.45) is 0 Å². The van der Waals surface area contributed by atoms with Gasteiger partial charge < -0.3 is 4.74 Å². The Balaban J connectivity index is 1.99. The number of nitrogens with zero attached hydrogens (tertiary/aromatic N) is 4. The minimum absolute atomic E-state index is 0.268. The summed E-state index contributed by atoms with van der Waals surface area (Å²) in [5.74, 6) is 1.33. The predicted octanol–water partition coefficient (Wildman–Crippen LogP) is 6.08. The van der Waals surface area contributed by atoms with Gasteiger partial charge in [0.25, 0.3) is 0 Å². The Hall–Kier alpha value is -2.17. The highest BCUT2D eigenvalue weighted by Crippen LogP contribution is 2.42. The highest BCUT2D eigenvalue weighted by Gasteiger charge is 2.25. The summed E-state index contributed by atoms with van der Waals surface area (Å²) in [5, 5.41) is 20.1. The fourth-order valence-corrected chi connectivity index (χ4v) is 5.61. The largest absolute Gasteiger partial charge is 0.487 e. The Bertz CT molecular complexity index is 1100. The Morgan fingerprint density at radius 1 is 1.26 bits per heavy atom. The van der Waals surface area contributed by atoms with Crippen LogP contribution in [0, 0.1) is 24.0 Å². The number of ether oxygens (including phenoxy) is 1. The molecule has 0 aliphatic heterocycles. The van der Waals surface area contributed by atoms with Crippen LogP contribution in [-0.4, -0.2) is 32.8 Å². The van der Waals surface area contributed by atoms with Gasteiger partial charge >= 0.3 is 0 Å². The summed E-state index contributed by atoms with van der Waals surface area (Å²) in [6.45, 7) is 7.61. The zero-order valence-corrected chi connectivity index (χ0v) is 20.9. The Kier molecular flexibility index (Phi) is 7.90. The molecule has 2 aromatic carbocycles. The molecule has 10 heteroatoms. The second kappa shape index (κ2) is 10.4. The quantitative estimate of drug-likeness (QED) is 0.135. The molecule has 31 heavy (non-hydrogen) atoms. The predicted molar refractivity (Wildman–Crippen MR) is 129 cm³/mol. The van der Waals surface area contributed by atoms with Crippen molar-refractivity contribution in [3.8, 4) is 11.4 Å². The van der Waals surface area contributed by atoms with Crippen molar-refractivity contribution < 1.29 is 9.66 Å². The Morgan fingerprint density at radius 3 is 2.58 bits per heavy atom. The van der Waals surface area contributed by atoms with Crippen molar-refractivity contribution >= 4 is 43.6 Å². The minimum Gasteiger partial charge on any atom is -0.487 e. The van der Waals surface area contributed by atoms with E-state index in [-0.39, 0.29) is 11.5 Å². The van der Waals surface area contributed by atoms with Crippen molar-refractivity contribution in [3.05, 3.63) is 85.1 Å². The average Bonchev–Trinajstić information content (AvgIpc) is 3.06. The minimum atomic E-state index is -0.483. The maximum absolute atomic E-state index is 11.4. The molecule has 0 unspecified atom stereocenters. The summed E-state index contributed by atoms with van der Waals surface area (Å²) in [6.07, 6.45) is 1.65. The van der Waals surface area contributed by atoms with Crippen LogP contribution < -0.4 is 4.74 Å². The normalized spacial score (nSPS) is 11.9. The molecule has 0 saturated heterocycles. The van der Waals surface area contributed by atoms with Crippen molar-refractivity contribution in [2.75, 3.05) is 13.2 Å². The number of aromatic nitrogens is 3. The molecule has 1 aromatic heterocycles. The second-order valence-electron chi connectivity index (χ2n) is 6.74. The number of benzene rings is 2. The zero-order valence-electron chi connectivity index (χ0n) is 16.9. The molecular weight excluding hydrogens is 548 g/mol. The lowest BCUT2D eigenvalue weighted by Crippen LogP contribution is -2.11. The van der Waals surface area contributed by atoms with Crippen LogP contribution in [0.3, 0.4) is 0 Å². The van der Waals surface area contributed by atoms with Crippen LogP contribution >= 0.6 is 43.6 Å². The third kappa shape index (κ3) is 5.75. The van der Waals surface area contributed by atoms with Gasteiger partial charge in [-0.2, -0.15) is 0 Å². The first-order valence-electron chi connectivity index (χ1n) is 9.30. The van der Waals surface area contributed by atoms with Crippen LogP contribution in [0.1, 0.15) is 22.2 Å². The Labute approximate surface area is 201 Å². The number of rotatable bonds is 9. The summed E-state index contributed by atoms with van der Waals surface area (Å²) in [5.41, 5.74) is 2.79. The maximum Gasteiger partial charge on any atom is 0.220 e. The molecule has 0 bridgehead atoms. The standard InChI is InChI=1S/C21H20Br2N4O3S/c1-4-8-30-20-17(22)10-15(11-18(20)23)19(12-26(28)29)31-21-25-24-14(3)27(21)16-7-5-6-13(2)9-16/h4-7,9-11,19H,1,8,12H2,2-3H3/t19-/m1/s1. The molecule has 1 atom stereocenters. The van der Waals surface area contributed by atoms with Gasteiger partial charge in [-0.25, -0.2) is 0 Å². The molecule has 0 radical (unpaired) electrons. The lowest BCUT2D eigenvalue weighted by Gasteiger charge is -2.17. The number of hydrogen-bond donors (Lipinski definition) is 0. The van der Waals surface area contributed by atoms with E-state index in [0.717, 1.165) is 16.8 Å². The first-order chi connectivity index (χ1) is 14.8. The number of aryl methyl sites for hydroxylation is 2. The first-order valence-corrected chi connectivity index (χ1v) is 11.8. The van der Waals surface area contributed by atoms with Crippen LogP contribution in [-0.2, 0) is 0 Å². The van der Waals surface area contributed by atoms with Crippen LogP contribution in [0.25, 0.3) is 5.69 Å². The van der Waals surface area contributed by atoms with Gasteiger partial charge in [0.2, 0.25) is 6.54 Å². The summed E-state index contributed by atoms with van der Waals surface area (Å²) >= 11 is 8.33. The van der Waals surface area contributed by atoms with Gasteiger partial charge in [-0.3, -0.25) is 14.7 Å². The SMILES string of the molecule is C=CCOc1c(Br)cc([C@@H](C[N+](=O)[O-])Sc2nnc(C)n2-c2cccc(C)c2)cc1Br. The lowest BCUT2D eigenvalue weighted by atomic mass is 10.1. The smallest absolute Gasteiger partial charge is 0.220 e. The molecule has 3 rings (SSSR count). The lowest BCUT2D eigenvalue weighted by molar-refractivity contribution is -0.479. The topological polar surface area (TPSA) is 83.1 Å². The number of thioether (sulfide) groups is 1. The molecule has 0 aliphatic rings. The van der Waals surface area contributed by atoms with Crippen LogP contribution in [0.15, 0.2) is 63.2 Å². The van der Waals surface area contributed by atoms with Crippen molar-refractivity contribution in [3.63, 3.8) is 0 Å². The van der Waals surface area contributed by atoms with Gasteiger partial charge in [0.05, 0.1) is 8.95 Å². The van der Waals surface area contributed by atoms with Crippen LogP contribution in [0.5, 0.6) is 5.75 Å². The molecule has 0 fully saturated rings. The number of hydrogen-bond acceptors (Lipinski definition) is 6. The first kappa shape index (κ1) is 23.5. The van der Waals surface area contributed by atoms with Gasteiger partial charge in [-0.05, 0) is 81.1 Å². The van der Waals surface area contributed by atoms with Gasteiger partial charge in [0, 0.05) is 10.6 Å². The van der Waals surface area contributed by atoms with Crippen molar-refractivity contribution in [1.82, 2.24) is 14.8 Å². The molecule has 3 aromatic rings. The fourth-order valence-electron chi connectivity index (χ4n) is 3.00. The van der Waals surface area contributed by atoms with Crippen LogP contribution in [0.4, 0.5) is 0 Å². The third-order valence-electron chi connectivity index (χ3n) is 4.36. The van der Waals surface area contributed by atoms with Crippen molar-refractivity contribution in [2.45, 2.75) is 24.3 Å². The van der Waals surface area contributed by atoms with E-state index in [0.29, 0.717) is 32.3 Å². The van der Waals surface area contributed by atoms with E-state index in [1.165, 1.54) is 11.8 Å². The van der Waals surface area contributed by atoms with Crippen LogP contribution in [0.2, 0.25) is 0 Å². The summed E-state index contributed by atoms with van der Waals surface area (Å²) in [4.78, 5) is 11.1. The average molecular weight is 568 g/mol. The summed E-state index contributed by atoms with van der Waals surface area (Å²) < 4.78 is 8.97. The molecular formula is C21H20Br2N4O3S. The van der Waals surface area contributed by atoms with Gasteiger partial charge in [-0.15, -0.1) is 10.2 Å². The molecule has 0 saturated carbocycles. The van der Waals surface area contributed by atoms with E-state index in [4.69, 9.17) is 4.74 Å². The highest BCUT2D eigenvalue weighted by atomic mass is 79.9. The zero-order chi connectivity index (χ0) is 22.5. The van der Waals surface area contributed by atoms with Crippen molar-refractivity contribution in [1.29, 1.82) is 0 Å². The number of halogens is 2. The number of nitro groups is 1. The molecule has 0 amide bonds. The second-order valence-corrected chi connectivity index (χ2v) is 9.62. The van der Waals surface area contributed by atoms with E-state index >= 15 is 0 Å². The molecule has 0 N–H and O–H groups in total. The van der Waals surface area contributed by atoms with Gasteiger partial charge in [0.15, 0.2) is 5.16 Å². The van der Waals surface area contributed by atoms with E-state index in [1.807, 2.05) is 54.8 Å². The summed E-state index contributed by atoms with van der Waals surface area (Å²) in [6, 6.07) is 11.6. The van der Waals surface area contributed by atoms with E-state index in [2.05, 4.69) is 48.6 Å². The molecule has 0 aliphatic carbocycles. The fraction of sp³-hybridized carbons (Fsp3) is 0.238. The summed E-state index contributed by atoms with van der Waals surface area (Å²) in [7, 11) is 0. The van der Waals surface area contributed by atoms with E-state index in [1.54, 1.807) is 6.08 Å².